The van der Waals surface area contributed by atoms with Gasteiger partial charge < -0.3 is 4.74 Å². The van der Waals surface area contributed by atoms with Crippen LogP contribution in [0.2, 0.25) is 5.02 Å². The lowest BCUT2D eigenvalue weighted by Gasteiger charge is -2.44. The van der Waals surface area contributed by atoms with E-state index in [2.05, 4.69) is 23.6 Å². The van der Waals surface area contributed by atoms with Crippen molar-refractivity contribution in [2.45, 2.75) is 32.4 Å². The van der Waals surface area contributed by atoms with Crippen molar-refractivity contribution in [3.8, 4) is 0 Å². The summed E-state index contributed by atoms with van der Waals surface area (Å²) in [6.07, 6.45) is 0.858. The highest BCUT2D eigenvalue weighted by molar-refractivity contribution is 6.31. The van der Waals surface area contributed by atoms with E-state index in [1.807, 2.05) is 0 Å². The van der Waals surface area contributed by atoms with Crippen molar-refractivity contribution in [1.29, 1.82) is 0 Å². The smallest absolute Gasteiger partial charge is 0.124 e. The molecule has 1 aromatic rings. The van der Waals surface area contributed by atoms with Crippen molar-refractivity contribution in [1.82, 2.24) is 9.80 Å². The molecule has 0 aromatic heterocycles. The maximum atomic E-state index is 13.1. The molecule has 124 valence electrons. The summed E-state index contributed by atoms with van der Waals surface area (Å²) in [6.45, 7) is 9.35. The number of hydrogen-bond acceptors (Lipinski definition) is 3. The summed E-state index contributed by atoms with van der Waals surface area (Å²) >= 11 is 6.10. The molecule has 1 aliphatic heterocycles. The van der Waals surface area contributed by atoms with Crippen LogP contribution in [0.15, 0.2) is 18.2 Å². The number of benzene rings is 1. The normalized spacial score (nSPS) is 23.9. The highest BCUT2D eigenvalue weighted by atomic mass is 35.5. The minimum atomic E-state index is -0.275. The van der Waals surface area contributed by atoms with E-state index < -0.39 is 0 Å². The summed E-state index contributed by atoms with van der Waals surface area (Å²) in [6, 6.07) is 5.70. The van der Waals surface area contributed by atoms with Crippen LogP contribution in [0.5, 0.6) is 0 Å². The third-order valence-corrected chi connectivity index (χ3v) is 4.80. The average Bonchev–Trinajstić information content (AvgIpc) is 2.45. The number of methoxy groups -OCH3 is 1. The van der Waals surface area contributed by atoms with Crippen LogP contribution in [0.1, 0.15) is 19.4 Å². The summed E-state index contributed by atoms with van der Waals surface area (Å²) < 4.78 is 18.3. The molecule has 1 fully saturated rings. The van der Waals surface area contributed by atoms with Gasteiger partial charge in [0.1, 0.15) is 5.82 Å². The van der Waals surface area contributed by atoms with Crippen molar-refractivity contribution in [2.24, 2.45) is 0 Å². The molecule has 0 radical (unpaired) electrons. The fourth-order valence-electron chi connectivity index (χ4n) is 3.29. The molecule has 2 rings (SSSR count). The van der Waals surface area contributed by atoms with Gasteiger partial charge in [0.15, 0.2) is 0 Å². The molecule has 0 N–H and O–H groups in total. The largest absolute Gasteiger partial charge is 0.383 e. The van der Waals surface area contributed by atoms with Gasteiger partial charge in [-0.1, -0.05) is 17.7 Å². The highest BCUT2D eigenvalue weighted by Crippen LogP contribution is 2.20. The number of hydrogen-bond donors (Lipinski definition) is 0. The molecule has 2 atom stereocenters. The zero-order chi connectivity index (χ0) is 16.1. The van der Waals surface area contributed by atoms with Gasteiger partial charge in [-0.25, -0.2) is 4.39 Å². The Morgan fingerprint density at radius 3 is 2.50 bits per heavy atom. The molecule has 5 heteroatoms. The molecule has 0 aliphatic carbocycles. The minimum absolute atomic E-state index is 0.275. The molecule has 0 bridgehead atoms. The first kappa shape index (κ1) is 17.7. The number of halogens is 2. The summed E-state index contributed by atoms with van der Waals surface area (Å²) in [5.74, 6) is -0.275. The molecular weight excluding hydrogens is 303 g/mol. The molecule has 1 heterocycles. The molecule has 3 nitrogen and oxygen atoms in total. The van der Waals surface area contributed by atoms with Gasteiger partial charge >= 0.3 is 0 Å². The Bertz CT molecular complexity index is 474. The predicted octanol–water partition coefficient (Wildman–Crippen LogP) is 3.06. The fourth-order valence-corrected chi connectivity index (χ4v) is 3.55. The number of rotatable bonds is 6. The quantitative estimate of drug-likeness (QED) is 0.798. The van der Waals surface area contributed by atoms with Gasteiger partial charge in [0.25, 0.3) is 0 Å². The molecular formula is C17H26ClFN2O. The van der Waals surface area contributed by atoms with Crippen LogP contribution in [0.25, 0.3) is 0 Å². The Hall–Kier alpha value is -0.680. The first-order valence-corrected chi connectivity index (χ1v) is 8.30. The molecule has 0 amide bonds. The van der Waals surface area contributed by atoms with Gasteiger partial charge in [0.05, 0.1) is 6.61 Å². The first-order valence-electron chi connectivity index (χ1n) is 7.92. The Morgan fingerprint density at radius 1 is 1.23 bits per heavy atom. The SMILES string of the molecule is COCCN1[C@H](C)CN(CCc2ccc(F)cc2Cl)C[C@@H]1C. The van der Waals surface area contributed by atoms with Gasteiger partial charge in [-0.15, -0.1) is 0 Å². The lowest BCUT2D eigenvalue weighted by atomic mass is 10.1. The highest BCUT2D eigenvalue weighted by Gasteiger charge is 2.28. The maximum absolute atomic E-state index is 13.1. The zero-order valence-electron chi connectivity index (χ0n) is 13.7. The lowest BCUT2D eigenvalue weighted by Crippen LogP contribution is -2.57. The molecule has 1 saturated heterocycles. The van der Waals surface area contributed by atoms with Crippen LogP contribution >= 0.6 is 11.6 Å². The topological polar surface area (TPSA) is 15.7 Å². The van der Waals surface area contributed by atoms with Crippen molar-refractivity contribution in [2.75, 3.05) is 39.9 Å². The van der Waals surface area contributed by atoms with Crippen LogP contribution in [-0.2, 0) is 11.2 Å². The van der Waals surface area contributed by atoms with E-state index in [0.29, 0.717) is 17.1 Å². The number of ether oxygens (including phenoxy) is 1. The second-order valence-electron chi connectivity index (χ2n) is 6.17. The Balaban J connectivity index is 1.87. The third kappa shape index (κ3) is 4.66. The summed E-state index contributed by atoms with van der Waals surface area (Å²) in [7, 11) is 1.75. The Kier molecular flexibility index (Phi) is 6.63. The van der Waals surface area contributed by atoms with Crippen LogP contribution < -0.4 is 0 Å². The van der Waals surface area contributed by atoms with Gasteiger partial charge in [0, 0.05) is 50.4 Å². The number of piperazine rings is 1. The van der Waals surface area contributed by atoms with E-state index in [0.717, 1.165) is 44.8 Å². The van der Waals surface area contributed by atoms with Crippen molar-refractivity contribution in [3.05, 3.63) is 34.6 Å². The minimum Gasteiger partial charge on any atom is -0.383 e. The average molecular weight is 329 g/mol. The second-order valence-corrected chi connectivity index (χ2v) is 6.58. The Labute approximate surface area is 138 Å². The van der Waals surface area contributed by atoms with Gasteiger partial charge in [-0.05, 0) is 38.0 Å². The molecule has 0 saturated carbocycles. The van der Waals surface area contributed by atoms with E-state index in [4.69, 9.17) is 16.3 Å². The van der Waals surface area contributed by atoms with Crippen molar-refractivity contribution < 1.29 is 9.13 Å². The van der Waals surface area contributed by atoms with Gasteiger partial charge in [-0.2, -0.15) is 0 Å². The fraction of sp³-hybridized carbons (Fsp3) is 0.647. The van der Waals surface area contributed by atoms with E-state index in [1.54, 1.807) is 13.2 Å². The lowest BCUT2D eigenvalue weighted by molar-refractivity contribution is 0.0215. The standard InChI is InChI=1S/C17H26ClFN2O/c1-13-11-20(12-14(2)21(13)8-9-22-3)7-6-15-4-5-16(19)10-17(15)18/h4-5,10,13-14H,6-9,11-12H2,1-3H3/t13-,14+. The van der Waals surface area contributed by atoms with E-state index >= 15 is 0 Å². The third-order valence-electron chi connectivity index (χ3n) is 4.44. The van der Waals surface area contributed by atoms with E-state index in [9.17, 15) is 4.39 Å². The van der Waals surface area contributed by atoms with Crippen LogP contribution in [-0.4, -0.2) is 61.8 Å². The monoisotopic (exact) mass is 328 g/mol. The number of nitrogens with zero attached hydrogens (tertiary/aromatic N) is 2. The molecule has 0 unspecified atom stereocenters. The van der Waals surface area contributed by atoms with Crippen molar-refractivity contribution >= 4 is 11.6 Å². The first-order chi connectivity index (χ1) is 10.5. The maximum Gasteiger partial charge on any atom is 0.124 e. The summed E-state index contributed by atoms with van der Waals surface area (Å²) in [5.41, 5.74) is 1.02. The van der Waals surface area contributed by atoms with Gasteiger partial charge in [0.2, 0.25) is 0 Å². The summed E-state index contributed by atoms with van der Waals surface area (Å²) in [4.78, 5) is 4.98. The second kappa shape index (κ2) is 8.25. The predicted molar refractivity (Wildman–Crippen MR) is 89.1 cm³/mol. The van der Waals surface area contributed by atoms with E-state index in [1.165, 1.54) is 12.1 Å². The van der Waals surface area contributed by atoms with Crippen LogP contribution in [0.3, 0.4) is 0 Å². The van der Waals surface area contributed by atoms with Crippen LogP contribution in [0, 0.1) is 5.82 Å². The molecule has 0 spiro atoms. The van der Waals surface area contributed by atoms with Gasteiger partial charge in [-0.3, -0.25) is 9.80 Å². The zero-order valence-corrected chi connectivity index (χ0v) is 14.4. The molecule has 1 aliphatic rings. The summed E-state index contributed by atoms with van der Waals surface area (Å²) in [5, 5.41) is 0.528. The molecule has 1 aromatic carbocycles. The van der Waals surface area contributed by atoms with E-state index in [-0.39, 0.29) is 5.82 Å². The van der Waals surface area contributed by atoms with Crippen molar-refractivity contribution in [3.63, 3.8) is 0 Å². The van der Waals surface area contributed by atoms with Crippen LogP contribution in [0.4, 0.5) is 4.39 Å². The molecule has 22 heavy (non-hydrogen) atoms. The Morgan fingerprint density at radius 2 is 1.91 bits per heavy atom.